The van der Waals surface area contributed by atoms with Gasteiger partial charge in [-0.05, 0) is 6.42 Å². The molecule has 16 heavy (non-hydrogen) atoms. The second-order valence-corrected chi connectivity index (χ2v) is 3.06. The second kappa shape index (κ2) is 5.06. The lowest BCUT2D eigenvalue weighted by atomic mass is 10.2. The zero-order chi connectivity index (χ0) is 12.1. The van der Waals surface area contributed by atoms with E-state index in [9.17, 15) is 9.59 Å². The van der Waals surface area contributed by atoms with Crippen LogP contribution < -0.4 is 11.1 Å². The van der Waals surface area contributed by atoms with Crippen LogP contribution in [0.2, 0.25) is 0 Å². The molecule has 0 saturated heterocycles. The summed E-state index contributed by atoms with van der Waals surface area (Å²) in [5, 5.41) is 11.4. The average molecular weight is 224 g/mol. The summed E-state index contributed by atoms with van der Waals surface area (Å²) in [4.78, 5) is 29.3. The highest BCUT2D eigenvalue weighted by molar-refractivity contribution is 5.95. The summed E-state index contributed by atoms with van der Waals surface area (Å²) in [5.41, 5.74) is 5.01. The van der Waals surface area contributed by atoms with E-state index < -0.39 is 17.9 Å². The van der Waals surface area contributed by atoms with Gasteiger partial charge < -0.3 is 16.2 Å². The van der Waals surface area contributed by atoms with Crippen LogP contribution >= 0.6 is 0 Å². The standard InChI is InChI=1S/C9H12N4O3/c1-2-5(9(15)16)13-8-6(7(10)14)11-3-4-12-8/h3-5H,2H2,1H3,(H2,10,14)(H,12,13)(H,15,16). The SMILES string of the molecule is CCC(Nc1nccnc1C(N)=O)C(=O)O. The van der Waals surface area contributed by atoms with E-state index in [1.807, 2.05) is 0 Å². The molecular formula is C9H12N4O3. The number of aromatic nitrogens is 2. The molecule has 0 bridgehead atoms. The smallest absolute Gasteiger partial charge is 0.326 e. The Balaban J connectivity index is 2.95. The zero-order valence-corrected chi connectivity index (χ0v) is 8.67. The van der Waals surface area contributed by atoms with Crippen molar-refractivity contribution in [2.24, 2.45) is 5.73 Å². The number of hydrogen-bond acceptors (Lipinski definition) is 5. The molecule has 0 spiro atoms. The predicted molar refractivity (Wildman–Crippen MR) is 55.9 cm³/mol. The summed E-state index contributed by atoms with van der Waals surface area (Å²) >= 11 is 0. The van der Waals surface area contributed by atoms with Crippen LogP contribution in [-0.4, -0.2) is 33.0 Å². The minimum atomic E-state index is -1.02. The van der Waals surface area contributed by atoms with Gasteiger partial charge in [-0.3, -0.25) is 4.79 Å². The number of carbonyl (C=O) groups is 2. The third-order valence-electron chi connectivity index (χ3n) is 1.95. The minimum Gasteiger partial charge on any atom is -0.480 e. The van der Waals surface area contributed by atoms with E-state index in [0.717, 1.165) is 0 Å². The van der Waals surface area contributed by atoms with Crippen LogP contribution in [-0.2, 0) is 4.79 Å². The molecule has 1 aromatic rings. The van der Waals surface area contributed by atoms with Crippen molar-refractivity contribution in [1.82, 2.24) is 9.97 Å². The number of carboxylic acids is 1. The molecule has 0 aliphatic carbocycles. The number of nitrogens with one attached hydrogen (secondary N) is 1. The summed E-state index contributed by atoms with van der Waals surface area (Å²) in [5.74, 6) is -1.69. The molecule has 0 radical (unpaired) electrons. The highest BCUT2D eigenvalue weighted by Gasteiger charge is 2.18. The number of hydrogen-bond donors (Lipinski definition) is 3. The van der Waals surface area contributed by atoms with Gasteiger partial charge in [-0.25, -0.2) is 14.8 Å². The molecule has 0 aromatic carbocycles. The lowest BCUT2D eigenvalue weighted by Crippen LogP contribution is -2.30. The Morgan fingerprint density at radius 2 is 2.12 bits per heavy atom. The molecule has 1 unspecified atom stereocenters. The van der Waals surface area contributed by atoms with Crippen LogP contribution in [0.25, 0.3) is 0 Å². The normalized spacial score (nSPS) is 11.8. The lowest BCUT2D eigenvalue weighted by molar-refractivity contribution is -0.137. The van der Waals surface area contributed by atoms with E-state index in [4.69, 9.17) is 10.8 Å². The van der Waals surface area contributed by atoms with E-state index in [1.165, 1.54) is 12.4 Å². The molecule has 1 rings (SSSR count). The van der Waals surface area contributed by atoms with Crippen molar-refractivity contribution in [3.63, 3.8) is 0 Å². The molecule has 0 aliphatic heterocycles. The van der Waals surface area contributed by atoms with Gasteiger partial charge in [-0.1, -0.05) is 6.92 Å². The number of amides is 1. The first-order valence-electron chi connectivity index (χ1n) is 4.66. The van der Waals surface area contributed by atoms with Gasteiger partial charge in [0.1, 0.15) is 6.04 Å². The van der Waals surface area contributed by atoms with Crippen LogP contribution in [0, 0.1) is 0 Å². The third-order valence-corrected chi connectivity index (χ3v) is 1.95. The van der Waals surface area contributed by atoms with E-state index in [-0.39, 0.29) is 11.5 Å². The Morgan fingerprint density at radius 1 is 1.50 bits per heavy atom. The predicted octanol–water partition coefficient (Wildman–Crippen LogP) is -0.149. The Bertz CT molecular complexity index is 407. The van der Waals surface area contributed by atoms with E-state index in [1.54, 1.807) is 6.92 Å². The van der Waals surface area contributed by atoms with Crippen molar-refractivity contribution in [2.75, 3.05) is 5.32 Å². The molecular weight excluding hydrogens is 212 g/mol. The highest BCUT2D eigenvalue weighted by Crippen LogP contribution is 2.10. The summed E-state index contributed by atoms with van der Waals surface area (Å²) < 4.78 is 0. The number of nitrogens with two attached hydrogens (primary N) is 1. The number of carboxylic acid groups (broad SMARTS) is 1. The van der Waals surface area contributed by atoms with Gasteiger partial charge in [0.25, 0.3) is 5.91 Å². The summed E-state index contributed by atoms with van der Waals surface area (Å²) in [6.45, 7) is 1.70. The van der Waals surface area contributed by atoms with Crippen molar-refractivity contribution in [1.29, 1.82) is 0 Å². The van der Waals surface area contributed by atoms with Gasteiger partial charge >= 0.3 is 5.97 Å². The zero-order valence-electron chi connectivity index (χ0n) is 8.67. The molecule has 7 nitrogen and oxygen atoms in total. The number of primary amides is 1. The fourth-order valence-corrected chi connectivity index (χ4v) is 1.13. The monoisotopic (exact) mass is 224 g/mol. The van der Waals surface area contributed by atoms with Crippen LogP contribution in [0.3, 0.4) is 0 Å². The first kappa shape index (κ1) is 11.9. The van der Waals surface area contributed by atoms with Gasteiger partial charge in [0.05, 0.1) is 0 Å². The van der Waals surface area contributed by atoms with Gasteiger partial charge in [0, 0.05) is 12.4 Å². The van der Waals surface area contributed by atoms with E-state index in [0.29, 0.717) is 6.42 Å². The van der Waals surface area contributed by atoms with Crippen LogP contribution in [0.4, 0.5) is 5.82 Å². The highest BCUT2D eigenvalue weighted by atomic mass is 16.4. The van der Waals surface area contributed by atoms with Crippen LogP contribution in [0.1, 0.15) is 23.8 Å². The summed E-state index contributed by atoms with van der Waals surface area (Å²) in [6.07, 6.45) is 3.01. The Kier molecular flexibility index (Phi) is 3.76. The molecule has 1 atom stereocenters. The Hall–Kier alpha value is -2.18. The van der Waals surface area contributed by atoms with Gasteiger partial charge in [0.15, 0.2) is 11.5 Å². The summed E-state index contributed by atoms with van der Waals surface area (Å²) in [7, 11) is 0. The molecule has 4 N–H and O–H groups in total. The summed E-state index contributed by atoms with van der Waals surface area (Å²) in [6, 6.07) is -0.824. The molecule has 7 heteroatoms. The molecule has 0 saturated carbocycles. The van der Waals surface area contributed by atoms with Gasteiger partial charge in [0.2, 0.25) is 0 Å². The molecule has 1 amide bonds. The maximum atomic E-state index is 11.0. The molecule has 0 aliphatic rings. The fourth-order valence-electron chi connectivity index (χ4n) is 1.13. The molecule has 0 fully saturated rings. The number of carbonyl (C=O) groups excluding carboxylic acids is 1. The largest absolute Gasteiger partial charge is 0.480 e. The maximum Gasteiger partial charge on any atom is 0.326 e. The van der Waals surface area contributed by atoms with Crippen LogP contribution in [0.5, 0.6) is 0 Å². The van der Waals surface area contributed by atoms with Gasteiger partial charge in [-0.2, -0.15) is 0 Å². The number of anilines is 1. The third kappa shape index (κ3) is 2.66. The van der Waals surface area contributed by atoms with Crippen LogP contribution in [0.15, 0.2) is 12.4 Å². The van der Waals surface area contributed by atoms with E-state index in [2.05, 4.69) is 15.3 Å². The van der Waals surface area contributed by atoms with Crippen molar-refractivity contribution < 1.29 is 14.7 Å². The lowest BCUT2D eigenvalue weighted by Gasteiger charge is -2.13. The first-order chi connectivity index (χ1) is 7.56. The fraction of sp³-hybridized carbons (Fsp3) is 0.333. The second-order valence-electron chi connectivity index (χ2n) is 3.06. The molecule has 86 valence electrons. The Labute approximate surface area is 91.7 Å². The number of aliphatic carboxylic acids is 1. The van der Waals surface area contributed by atoms with E-state index >= 15 is 0 Å². The Morgan fingerprint density at radius 3 is 2.62 bits per heavy atom. The maximum absolute atomic E-state index is 11.0. The quantitative estimate of drug-likeness (QED) is 0.640. The van der Waals surface area contributed by atoms with Crippen molar-refractivity contribution in [3.8, 4) is 0 Å². The van der Waals surface area contributed by atoms with Gasteiger partial charge in [-0.15, -0.1) is 0 Å². The minimum absolute atomic E-state index is 0.0674. The number of nitrogens with zero attached hydrogens (tertiary/aromatic N) is 2. The average Bonchev–Trinajstić information content (AvgIpc) is 2.25. The van der Waals surface area contributed by atoms with Crippen molar-refractivity contribution in [2.45, 2.75) is 19.4 Å². The van der Waals surface area contributed by atoms with Crippen molar-refractivity contribution >= 4 is 17.7 Å². The number of rotatable bonds is 5. The first-order valence-corrected chi connectivity index (χ1v) is 4.66. The van der Waals surface area contributed by atoms with Crippen molar-refractivity contribution in [3.05, 3.63) is 18.1 Å². The topological polar surface area (TPSA) is 118 Å². The molecule has 1 aromatic heterocycles. The molecule has 1 heterocycles.